The minimum atomic E-state index is -0.411. The van der Waals surface area contributed by atoms with Crippen LogP contribution in [0.4, 0.5) is 4.79 Å². The Kier molecular flexibility index (Phi) is 4.35. The molecule has 92 valence electrons. The van der Waals surface area contributed by atoms with Crippen LogP contribution in [0.3, 0.4) is 0 Å². The number of amides is 1. The summed E-state index contributed by atoms with van der Waals surface area (Å²) < 4.78 is 10.3. The van der Waals surface area contributed by atoms with Crippen molar-refractivity contribution < 1.29 is 14.3 Å². The summed E-state index contributed by atoms with van der Waals surface area (Å²) in [5.74, 6) is 0. The van der Waals surface area contributed by atoms with Gasteiger partial charge in [-0.05, 0) is 5.56 Å². The van der Waals surface area contributed by atoms with Crippen LogP contribution in [0.25, 0.3) is 0 Å². The van der Waals surface area contributed by atoms with Crippen molar-refractivity contribution in [3.63, 3.8) is 0 Å². The van der Waals surface area contributed by atoms with E-state index in [0.29, 0.717) is 19.9 Å². The standard InChI is InChI=1S/C12H16N2O3/c15-12(14-11-6-13-9-16-8-11)17-7-10-4-2-1-3-5-10/h1-5,11,13H,6-9H2,(H,14,15)/t11-/m0/s1. The van der Waals surface area contributed by atoms with Gasteiger partial charge in [-0.1, -0.05) is 30.3 Å². The predicted octanol–water partition coefficient (Wildman–Crippen LogP) is 0.859. The Labute approximate surface area is 100 Å². The molecule has 0 bridgehead atoms. The maximum atomic E-state index is 11.5. The topological polar surface area (TPSA) is 59.6 Å². The fourth-order valence-electron chi connectivity index (χ4n) is 1.59. The van der Waals surface area contributed by atoms with Gasteiger partial charge in [0.05, 0.1) is 19.4 Å². The van der Waals surface area contributed by atoms with Crippen LogP contribution >= 0.6 is 0 Å². The van der Waals surface area contributed by atoms with Crippen molar-refractivity contribution in [1.29, 1.82) is 0 Å². The van der Waals surface area contributed by atoms with Gasteiger partial charge in [0.2, 0.25) is 0 Å². The van der Waals surface area contributed by atoms with Gasteiger partial charge in [-0.3, -0.25) is 5.32 Å². The van der Waals surface area contributed by atoms with E-state index in [1.807, 2.05) is 30.3 Å². The lowest BCUT2D eigenvalue weighted by Gasteiger charge is -2.23. The highest BCUT2D eigenvalue weighted by molar-refractivity contribution is 5.67. The molecular weight excluding hydrogens is 220 g/mol. The zero-order valence-corrected chi connectivity index (χ0v) is 9.52. The summed E-state index contributed by atoms with van der Waals surface area (Å²) in [6, 6.07) is 9.56. The Morgan fingerprint density at radius 2 is 2.29 bits per heavy atom. The Hall–Kier alpha value is -1.59. The summed E-state index contributed by atoms with van der Waals surface area (Å²) in [7, 11) is 0. The second-order valence-electron chi connectivity index (χ2n) is 3.87. The van der Waals surface area contributed by atoms with Gasteiger partial charge in [-0.25, -0.2) is 4.79 Å². The molecule has 2 rings (SSSR count). The largest absolute Gasteiger partial charge is 0.445 e. The number of alkyl carbamates (subject to hydrolysis) is 1. The zero-order valence-electron chi connectivity index (χ0n) is 9.52. The average molecular weight is 236 g/mol. The molecule has 17 heavy (non-hydrogen) atoms. The molecule has 1 saturated heterocycles. The van der Waals surface area contributed by atoms with Crippen molar-refractivity contribution in [1.82, 2.24) is 10.6 Å². The molecule has 1 heterocycles. The SMILES string of the molecule is O=C(N[C@H]1CNCOC1)OCc1ccccc1. The Morgan fingerprint density at radius 3 is 3.00 bits per heavy atom. The summed E-state index contributed by atoms with van der Waals surface area (Å²) in [6.45, 7) is 2.05. The molecule has 5 nitrogen and oxygen atoms in total. The van der Waals surface area contributed by atoms with Crippen molar-refractivity contribution in [3.05, 3.63) is 35.9 Å². The lowest BCUT2D eigenvalue weighted by molar-refractivity contribution is 0.0559. The highest BCUT2D eigenvalue weighted by Gasteiger charge is 2.16. The first-order chi connectivity index (χ1) is 8.34. The number of hydrogen-bond donors (Lipinski definition) is 2. The quantitative estimate of drug-likeness (QED) is 0.817. The highest BCUT2D eigenvalue weighted by Crippen LogP contribution is 2.01. The fourth-order valence-corrected chi connectivity index (χ4v) is 1.59. The van der Waals surface area contributed by atoms with Crippen molar-refractivity contribution in [3.8, 4) is 0 Å². The van der Waals surface area contributed by atoms with Gasteiger partial charge < -0.3 is 14.8 Å². The minimum Gasteiger partial charge on any atom is -0.445 e. The second kappa shape index (κ2) is 6.22. The molecule has 0 saturated carbocycles. The van der Waals surface area contributed by atoms with Crippen LogP contribution in [-0.4, -0.2) is 32.0 Å². The monoisotopic (exact) mass is 236 g/mol. The first kappa shape index (κ1) is 11.9. The lowest BCUT2D eigenvalue weighted by Crippen LogP contribution is -2.49. The van der Waals surface area contributed by atoms with Gasteiger partial charge in [0.1, 0.15) is 6.61 Å². The highest BCUT2D eigenvalue weighted by atomic mass is 16.5. The Balaban J connectivity index is 1.70. The molecule has 1 aliphatic heterocycles. The predicted molar refractivity (Wildman–Crippen MR) is 62.4 cm³/mol. The summed E-state index contributed by atoms with van der Waals surface area (Å²) in [5, 5.41) is 5.76. The number of benzene rings is 1. The molecule has 1 aliphatic rings. The van der Waals surface area contributed by atoms with Crippen molar-refractivity contribution in [2.24, 2.45) is 0 Å². The van der Waals surface area contributed by atoms with E-state index in [0.717, 1.165) is 5.56 Å². The molecule has 0 aromatic heterocycles. The van der Waals surface area contributed by atoms with E-state index < -0.39 is 6.09 Å². The number of carbonyl (C=O) groups excluding carboxylic acids is 1. The first-order valence-corrected chi connectivity index (χ1v) is 5.60. The number of carbonyl (C=O) groups is 1. The molecule has 0 aliphatic carbocycles. The molecule has 0 radical (unpaired) electrons. The average Bonchev–Trinajstić information content (AvgIpc) is 2.39. The lowest BCUT2D eigenvalue weighted by atomic mass is 10.2. The van der Waals surface area contributed by atoms with E-state index >= 15 is 0 Å². The van der Waals surface area contributed by atoms with E-state index in [1.165, 1.54) is 0 Å². The molecule has 2 N–H and O–H groups in total. The summed E-state index contributed by atoms with van der Waals surface area (Å²) in [4.78, 5) is 11.5. The van der Waals surface area contributed by atoms with E-state index in [-0.39, 0.29) is 12.6 Å². The summed E-state index contributed by atoms with van der Waals surface area (Å²) in [6.07, 6.45) is -0.411. The van der Waals surface area contributed by atoms with Crippen LogP contribution in [0, 0.1) is 0 Å². The van der Waals surface area contributed by atoms with Gasteiger partial charge in [-0.2, -0.15) is 0 Å². The van der Waals surface area contributed by atoms with Gasteiger partial charge in [0.15, 0.2) is 0 Å². The molecule has 1 aromatic rings. The van der Waals surface area contributed by atoms with E-state index in [2.05, 4.69) is 10.6 Å². The third kappa shape index (κ3) is 4.05. The molecule has 1 amide bonds. The molecule has 0 spiro atoms. The van der Waals surface area contributed by atoms with Crippen LogP contribution in [-0.2, 0) is 16.1 Å². The van der Waals surface area contributed by atoms with E-state index in [4.69, 9.17) is 9.47 Å². The molecule has 1 atom stereocenters. The van der Waals surface area contributed by atoms with Crippen LogP contribution in [0.5, 0.6) is 0 Å². The third-order valence-electron chi connectivity index (χ3n) is 2.45. The van der Waals surface area contributed by atoms with Crippen LogP contribution < -0.4 is 10.6 Å². The van der Waals surface area contributed by atoms with Crippen LogP contribution in [0.15, 0.2) is 30.3 Å². The third-order valence-corrected chi connectivity index (χ3v) is 2.45. The number of ether oxygens (including phenoxy) is 2. The molecule has 5 heteroatoms. The second-order valence-corrected chi connectivity index (χ2v) is 3.87. The molecule has 0 unspecified atom stereocenters. The maximum absolute atomic E-state index is 11.5. The van der Waals surface area contributed by atoms with Gasteiger partial charge in [-0.15, -0.1) is 0 Å². The first-order valence-electron chi connectivity index (χ1n) is 5.60. The zero-order chi connectivity index (χ0) is 11.9. The van der Waals surface area contributed by atoms with E-state index in [1.54, 1.807) is 0 Å². The smallest absolute Gasteiger partial charge is 0.407 e. The van der Waals surface area contributed by atoms with E-state index in [9.17, 15) is 4.79 Å². The Bertz CT molecular complexity index is 350. The molecule has 1 aromatic carbocycles. The number of nitrogens with one attached hydrogen (secondary N) is 2. The summed E-state index contributed by atoms with van der Waals surface area (Å²) in [5.41, 5.74) is 0.973. The van der Waals surface area contributed by atoms with Gasteiger partial charge in [0.25, 0.3) is 0 Å². The molecule has 1 fully saturated rings. The number of hydrogen-bond acceptors (Lipinski definition) is 4. The van der Waals surface area contributed by atoms with Crippen molar-refractivity contribution in [2.45, 2.75) is 12.6 Å². The van der Waals surface area contributed by atoms with Crippen molar-refractivity contribution in [2.75, 3.05) is 19.9 Å². The normalized spacial score (nSPS) is 19.6. The van der Waals surface area contributed by atoms with Crippen LogP contribution in [0.2, 0.25) is 0 Å². The van der Waals surface area contributed by atoms with Gasteiger partial charge in [0, 0.05) is 6.54 Å². The fraction of sp³-hybridized carbons (Fsp3) is 0.417. The number of rotatable bonds is 3. The Morgan fingerprint density at radius 1 is 1.47 bits per heavy atom. The van der Waals surface area contributed by atoms with Crippen molar-refractivity contribution >= 4 is 6.09 Å². The maximum Gasteiger partial charge on any atom is 0.407 e. The minimum absolute atomic E-state index is 0.0213. The van der Waals surface area contributed by atoms with Gasteiger partial charge >= 0.3 is 6.09 Å². The van der Waals surface area contributed by atoms with Crippen LogP contribution in [0.1, 0.15) is 5.56 Å². The summed E-state index contributed by atoms with van der Waals surface area (Å²) >= 11 is 0. The molecular formula is C12H16N2O3.